The van der Waals surface area contributed by atoms with Crippen molar-refractivity contribution in [1.82, 2.24) is 9.80 Å². The molecule has 0 bridgehead atoms. The predicted molar refractivity (Wildman–Crippen MR) is 104 cm³/mol. The molecule has 0 amide bonds. The summed E-state index contributed by atoms with van der Waals surface area (Å²) in [5, 5.41) is 0. The second-order valence-electron chi connectivity index (χ2n) is 7.06. The Kier molecular flexibility index (Phi) is 15.9. The number of piperidine rings is 1. The van der Waals surface area contributed by atoms with E-state index in [4.69, 9.17) is 0 Å². The fourth-order valence-corrected chi connectivity index (χ4v) is 2.82. The normalized spacial score (nSPS) is 19.4. The zero-order valence-electron chi connectivity index (χ0n) is 17.3. The van der Waals surface area contributed by atoms with Crippen LogP contribution in [-0.4, -0.2) is 47.6 Å². The van der Waals surface area contributed by atoms with Crippen LogP contribution in [0.2, 0.25) is 0 Å². The highest BCUT2D eigenvalue weighted by atomic mass is 15.2. The Balaban J connectivity index is 0. The van der Waals surface area contributed by atoms with Gasteiger partial charge in [0.15, 0.2) is 0 Å². The molecule has 2 fully saturated rings. The Morgan fingerprint density at radius 1 is 0.636 bits per heavy atom. The molecule has 0 aromatic rings. The Bertz CT molecular complexity index is 206. The lowest BCUT2D eigenvalue weighted by atomic mass is 10.0. The lowest BCUT2D eigenvalue weighted by Crippen LogP contribution is -2.44. The van der Waals surface area contributed by atoms with Gasteiger partial charge in [-0.05, 0) is 86.5 Å². The van der Waals surface area contributed by atoms with Crippen molar-refractivity contribution in [2.45, 2.75) is 106 Å². The number of hydrogen-bond donors (Lipinski definition) is 0. The second-order valence-corrected chi connectivity index (χ2v) is 7.06. The molecule has 2 aliphatic rings. The molecule has 0 unspecified atom stereocenters. The molecule has 0 aromatic heterocycles. The van der Waals surface area contributed by atoms with Gasteiger partial charge in [-0.1, -0.05) is 34.1 Å². The molecule has 2 rings (SSSR count). The number of hydrogen-bond acceptors (Lipinski definition) is 2. The van der Waals surface area contributed by atoms with Gasteiger partial charge in [0.05, 0.1) is 0 Å². The molecule has 2 aliphatic heterocycles. The van der Waals surface area contributed by atoms with E-state index in [1.54, 1.807) is 0 Å². The van der Waals surface area contributed by atoms with Gasteiger partial charge in [-0.25, -0.2) is 0 Å². The van der Waals surface area contributed by atoms with Crippen LogP contribution in [0, 0.1) is 0 Å². The second kappa shape index (κ2) is 14.5. The molecule has 2 heterocycles. The van der Waals surface area contributed by atoms with Crippen LogP contribution in [0.15, 0.2) is 0 Å². The highest BCUT2D eigenvalue weighted by Crippen LogP contribution is 2.19. The molecule has 0 atom stereocenters. The zero-order chi connectivity index (χ0) is 17.6. The largest absolute Gasteiger partial charge is 0.301 e. The van der Waals surface area contributed by atoms with Gasteiger partial charge in [0.2, 0.25) is 0 Å². The maximum atomic E-state index is 2.58. The number of nitrogens with zero attached hydrogens (tertiary/aromatic N) is 2. The molecular formula is C20H46N2. The van der Waals surface area contributed by atoms with Gasteiger partial charge in [-0.15, -0.1) is 0 Å². The highest BCUT2D eigenvalue weighted by Gasteiger charge is 2.22. The van der Waals surface area contributed by atoms with Crippen molar-refractivity contribution in [3.63, 3.8) is 0 Å². The maximum absolute atomic E-state index is 2.58. The molecule has 2 saturated heterocycles. The minimum atomic E-state index is 0.403. The zero-order valence-corrected chi connectivity index (χ0v) is 17.3. The van der Waals surface area contributed by atoms with Crippen LogP contribution in [0.1, 0.15) is 94.4 Å². The highest BCUT2D eigenvalue weighted by molar-refractivity contribution is 4.78. The van der Waals surface area contributed by atoms with Gasteiger partial charge in [-0.2, -0.15) is 0 Å². The van der Waals surface area contributed by atoms with Crippen molar-refractivity contribution in [1.29, 1.82) is 0 Å². The lowest BCUT2D eigenvalue weighted by Gasteiger charge is -2.38. The third-order valence-corrected chi connectivity index (χ3v) is 4.18. The SMILES string of the molecule is CC.CC.CC(C)(C)N1CCCCC1.CC(C)N1CCCC1. The molecule has 0 radical (unpaired) electrons. The third kappa shape index (κ3) is 11.5. The van der Waals surface area contributed by atoms with Gasteiger partial charge in [-0.3, -0.25) is 4.90 Å². The first-order chi connectivity index (χ1) is 10.4. The van der Waals surface area contributed by atoms with Crippen molar-refractivity contribution in [3.05, 3.63) is 0 Å². The van der Waals surface area contributed by atoms with Crippen LogP contribution >= 0.6 is 0 Å². The van der Waals surface area contributed by atoms with E-state index in [9.17, 15) is 0 Å². The first kappa shape index (κ1) is 24.2. The number of likely N-dealkylation sites (tertiary alicyclic amines) is 2. The quantitative estimate of drug-likeness (QED) is 0.602. The van der Waals surface area contributed by atoms with Crippen molar-refractivity contribution < 1.29 is 0 Å². The van der Waals surface area contributed by atoms with Crippen LogP contribution in [0.25, 0.3) is 0 Å². The van der Waals surface area contributed by atoms with Crippen molar-refractivity contribution >= 4 is 0 Å². The molecule has 0 N–H and O–H groups in total. The Labute approximate surface area is 142 Å². The minimum absolute atomic E-state index is 0.403. The van der Waals surface area contributed by atoms with E-state index in [2.05, 4.69) is 44.4 Å². The van der Waals surface area contributed by atoms with E-state index in [-0.39, 0.29) is 0 Å². The van der Waals surface area contributed by atoms with Crippen LogP contribution in [0.4, 0.5) is 0 Å². The predicted octanol–water partition coefficient (Wildman–Crippen LogP) is 5.81. The van der Waals surface area contributed by atoms with Gasteiger partial charge < -0.3 is 4.90 Å². The summed E-state index contributed by atoms with van der Waals surface area (Å²) >= 11 is 0. The fourth-order valence-electron chi connectivity index (χ4n) is 2.82. The lowest BCUT2D eigenvalue weighted by molar-refractivity contribution is 0.111. The summed E-state index contributed by atoms with van der Waals surface area (Å²) in [6.07, 6.45) is 7.07. The smallest absolute Gasteiger partial charge is 0.0125 e. The molecule has 2 heteroatoms. The first-order valence-corrected chi connectivity index (χ1v) is 9.90. The molecule has 0 aliphatic carbocycles. The van der Waals surface area contributed by atoms with Crippen LogP contribution in [0.3, 0.4) is 0 Å². The average molecular weight is 315 g/mol. The Hall–Kier alpha value is -0.0800. The Morgan fingerprint density at radius 2 is 1.00 bits per heavy atom. The summed E-state index contributed by atoms with van der Waals surface area (Å²) in [4.78, 5) is 5.11. The molecule has 22 heavy (non-hydrogen) atoms. The summed E-state index contributed by atoms with van der Waals surface area (Å²) in [7, 11) is 0. The maximum Gasteiger partial charge on any atom is 0.0125 e. The van der Waals surface area contributed by atoms with Crippen LogP contribution < -0.4 is 0 Å². The third-order valence-electron chi connectivity index (χ3n) is 4.18. The standard InChI is InChI=1S/C9H19N.C7H15N.2C2H6/c1-9(2,3)10-7-5-4-6-8-10;1-7(2)8-5-3-4-6-8;2*1-2/h4-8H2,1-3H3;7H,3-6H2,1-2H3;2*1-2H3. The fraction of sp³-hybridized carbons (Fsp3) is 1.00. The molecule has 0 saturated carbocycles. The molecule has 136 valence electrons. The van der Waals surface area contributed by atoms with Crippen molar-refractivity contribution in [2.75, 3.05) is 26.2 Å². The molecule has 0 spiro atoms. The van der Waals surface area contributed by atoms with Gasteiger partial charge in [0, 0.05) is 11.6 Å². The summed E-state index contributed by atoms with van der Waals surface area (Å²) in [6, 6.07) is 0.775. The average Bonchev–Trinajstić information content (AvgIpc) is 3.07. The van der Waals surface area contributed by atoms with Crippen molar-refractivity contribution in [3.8, 4) is 0 Å². The molecule has 2 nitrogen and oxygen atoms in total. The first-order valence-electron chi connectivity index (χ1n) is 9.90. The summed E-state index contributed by atoms with van der Waals surface area (Å²) < 4.78 is 0. The number of rotatable bonds is 1. The van der Waals surface area contributed by atoms with Crippen LogP contribution in [0.5, 0.6) is 0 Å². The molecular weight excluding hydrogens is 268 g/mol. The monoisotopic (exact) mass is 314 g/mol. The topological polar surface area (TPSA) is 6.48 Å². The van der Waals surface area contributed by atoms with Gasteiger partial charge in [0.25, 0.3) is 0 Å². The van der Waals surface area contributed by atoms with Crippen LogP contribution in [-0.2, 0) is 0 Å². The van der Waals surface area contributed by atoms with E-state index >= 15 is 0 Å². The summed E-state index contributed by atoms with van der Waals surface area (Å²) in [5.74, 6) is 0. The van der Waals surface area contributed by atoms with E-state index in [0.29, 0.717) is 5.54 Å². The Morgan fingerprint density at radius 3 is 1.23 bits per heavy atom. The minimum Gasteiger partial charge on any atom is -0.301 e. The van der Waals surface area contributed by atoms with Crippen molar-refractivity contribution in [2.24, 2.45) is 0 Å². The van der Waals surface area contributed by atoms with E-state index in [0.717, 1.165) is 6.04 Å². The van der Waals surface area contributed by atoms with E-state index in [1.165, 1.54) is 58.3 Å². The van der Waals surface area contributed by atoms with Gasteiger partial charge >= 0.3 is 0 Å². The van der Waals surface area contributed by atoms with Gasteiger partial charge in [0.1, 0.15) is 0 Å². The summed E-state index contributed by atoms with van der Waals surface area (Å²) in [6.45, 7) is 24.7. The summed E-state index contributed by atoms with van der Waals surface area (Å²) in [5.41, 5.74) is 0.403. The van der Waals surface area contributed by atoms with E-state index in [1.807, 2.05) is 27.7 Å². The van der Waals surface area contributed by atoms with E-state index < -0.39 is 0 Å². The molecule has 0 aromatic carbocycles.